The molecular formula is C11H15BaN4O7PS+2. The molecule has 2 aromatic heterocycles. The topological polar surface area (TPSA) is 160 Å². The predicted octanol–water partition coefficient (Wildman–Crippen LogP) is -1.10. The Morgan fingerprint density at radius 2 is 2.04 bits per heavy atom. The number of ether oxygens (including phenoxy) is 1. The van der Waals surface area contributed by atoms with Crippen molar-refractivity contribution in [3.63, 3.8) is 0 Å². The van der Waals surface area contributed by atoms with Gasteiger partial charge in [0.25, 0.3) is 0 Å². The molecule has 4 unspecified atom stereocenters. The molecule has 0 bridgehead atoms. The first-order valence-electron chi connectivity index (χ1n) is 6.75. The molecule has 0 aliphatic carbocycles. The normalized spacial score (nSPS) is 26.8. The zero-order valence-electron chi connectivity index (χ0n) is 13.0. The van der Waals surface area contributed by atoms with Crippen LogP contribution < -0.4 is 0 Å². The van der Waals surface area contributed by atoms with Crippen molar-refractivity contribution in [2.45, 2.75) is 29.6 Å². The molecule has 0 aromatic carbocycles. The molecule has 1 aliphatic heterocycles. The standard InChI is InChI=1S/C11H15N4O7PS.Ba/c1-24-10-6-9(12-3-13-10)15(4-14-6)11-8(17)7(16)5(22-11)2-21-23(18,19)20;/h3-5,7-8,11,16-17H,2H2,1H3,(H2,18,19,20);/q;+2. The summed E-state index contributed by atoms with van der Waals surface area (Å²) < 4.78 is 22.0. The van der Waals surface area contributed by atoms with Gasteiger partial charge in [-0.2, -0.15) is 0 Å². The fourth-order valence-electron chi connectivity index (χ4n) is 2.43. The van der Waals surface area contributed by atoms with Gasteiger partial charge in [-0.1, -0.05) is 0 Å². The van der Waals surface area contributed by atoms with Gasteiger partial charge in [0.05, 0.1) is 12.9 Å². The molecule has 1 aliphatic rings. The Morgan fingerprint density at radius 1 is 1.32 bits per heavy atom. The third-order valence-corrected chi connectivity index (χ3v) is 4.71. The van der Waals surface area contributed by atoms with E-state index in [-0.39, 0.29) is 48.9 Å². The summed E-state index contributed by atoms with van der Waals surface area (Å²) in [6.07, 6.45) is -0.302. The van der Waals surface area contributed by atoms with Crippen molar-refractivity contribution in [3.05, 3.63) is 12.7 Å². The molecular weight excluding hydrogens is 501 g/mol. The molecule has 4 atom stereocenters. The summed E-state index contributed by atoms with van der Waals surface area (Å²) in [5, 5.41) is 20.9. The number of fused-ring (bicyclic) bond motifs is 1. The van der Waals surface area contributed by atoms with Crippen LogP contribution in [-0.4, -0.2) is 120 Å². The smallest absolute Gasteiger partial charge is 0.387 e. The average molecular weight is 516 g/mol. The van der Waals surface area contributed by atoms with Crippen LogP contribution >= 0.6 is 19.6 Å². The molecule has 3 rings (SSSR count). The number of aliphatic hydroxyl groups is 2. The van der Waals surface area contributed by atoms with Gasteiger partial charge in [-0.25, -0.2) is 19.5 Å². The largest absolute Gasteiger partial charge is 2.00 e. The Bertz CT molecular complexity index is 789. The van der Waals surface area contributed by atoms with E-state index < -0.39 is 39.0 Å². The van der Waals surface area contributed by atoms with Gasteiger partial charge >= 0.3 is 56.7 Å². The Balaban J connectivity index is 0.00000225. The number of phosphoric acid groups is 1. The van der Waals surface area contributed by atoms with Crippen molar-refractivity contribution in [3.8, 4) is 0 Å². The van der Waals surface area contributed by atoms with Crippen molar-refractivity contribution in [1.82, 2.24) is 19.5 Å². The number of aliphatic hydroxyl groups excluding tert-OH is 2. The van der Waals surface area contributed by atoms with E-state index in [0.717, 1.165) is 0 Å². The van der Waals surface area contributed by atoms with Gasteiger partial charge in [0.2, 0.25) is 0 Å². The van der Waals surface area contributed by atoms with Gasteiger partial charge in [0.15, 0.2) is 11.9 Å². The molecule has 132 valence electrons. The summed E-state index contributed by atoms with van der Waals surface area (Å²) in [6, 6.07) is 0. The quantitative estimate of drug-likeness (QED) is 0.166. The fraction of sp³-hybridized carbons (Fsp3) is 0.545. The third kappa shape index (κ3) is 4.66. The number of hydrogen-bond donors (Lipinski definition) is 4. The molecule has 1 fully saturated rings. The molecule has 4 N–H and O–H groups in total. The summed E-state index contributed by atoms with van der Waals surface area (Å²) in [7, 11) is -4.71. The number of aromatic nitrogens is 4. The van der Waals surface area contributed by atoms with Crippen LogP contribution in [0.2, 0.25) is 0 Å². The summed E-state index contributed by atoms with van der Waals surface area (Å²) in [4.78, 5) is 29.9. The van der Waals surface area contributed by atoms with E-state index in [1.54, 1.807) is 0 Å². The molecule has 3 heterocycles. The third-order valence-electron chi connectivity index (χ3n) is 3.54. The van der Waals surface area contributed by atoms with E-state index in [2.05, 4.69) is 19.5 Å². The van der Waals surface area contributed by atoms with Crippen LogP contribution in [0.4, 0.5) is 0 Å². The minimum absolute atomic E-state index is 0. The van der Waals surface area contributed by atoms with Crippen LogP contribution in [0, 0.1) is 0 Å². The second-order valence-electron chi connectivity index (χ2n) is 5.04. The van der Waals surface area contributed by atoms with Crippen LogP contribution in [-0.2, 0) is 13.8 Å². The maximum atomic E-state index is 10.8. The number of thioether (sulfide) groups is 1. The number of phosphoric ester groups is 1. The van der Waals surface area contributed by atoms with Crippen LogP contribution in [0.1, 0.15) is 6.23 Å². The van der Waals surface area contributed by atoms with E-state index in [0.29, 0.717) is 16.2 Å². The molecule has 0 spiro atoms. The van der Waals surface area contributed by atoms with Gasteiger partial charge in [-0.15, -0.1) is 11.8 Å². The van der Waals surface area contributed by atoms with Crippen molar-refractivity contribution >= 4 is 79.6 Å². The molecule has 14 heteroatoms. The van der Waals surface area contributed by atoms with E-state index in [1.165, 1.54) is 29.0 Å². The van der Waals surface area contributed by atoms with Gasteiger partial charge in [-0.05, 0) is 6.26 Å². The molecule has 0 saturated carbocycles. The van der Waals surface area contributed by atoms with Crippen LogP contribution in [0.25, 0.3) is 11.2 Å². The zero-order chi connectivity index (χ0) is 17.5. The maximum Gasteiger partial charge on any atom is 2.00 e. The SMILES string of the molecule is CSc1ncnc2c1ncn2C1OC(COP(=O)(O)O)C(O)C1O.[Ba+2]. The first kappa shape index (κ1) is 21.8. The van der Waals surface area contributed by atoms with Crippen LogP contribution in [0.3, 0.4) is 0 Å². The molecule has 25 heavy (non-hydrogen) atoms. The first-order valence-corrected chi connectivity index (χ1v) is 9.50. The summed E-state index contributed by atoms with van der Waals surface area (Å²) in [5.41, 5.74) is 0.923. The van der Waals surface area contributed by atoms with Gasteiger partial charge in [0, 0.05) is 0 Å². The average Bonchev–Trinajstić information content (AvgIpc) is 3.07. The first-order chi connectivity index (χ1) is 11.3. The van der Waals surface area contributed by atoms with Crippen molar-refractivity contribution in [1.29, 1.82) is 0 Å². The van der Waals surface area contributed by atoms with E-state index in [9.17, 15) is 14.8 Å². The minimum atomic E-state index is -4.71. The van der Waals surface area contributed by atoms with Crippen LogP contribution in [0.15, 0.2) is 17.7 Å². The molecule has 1 saturated heterocycles. The zero-order valence-corrected chi connectivity index (χ0v) is 19.2. The summed E-state index contributed by atoms with van der Waals surface area (Å²) in [5.74, 6) is 0. The second-order valence-corrected chi connectivity index (χ2v) is 7.07. The van der Waals surface area contributed by atoms with Gasteiger partial charge in [-0.3, -0.25) is 9.09 Å². The number of nitrogens with zero attached hydrogens (tertiary/aromatic N) is 4. The molecule has 11 nitrogen and oxygen atoms in total. The van der Waals surface area contributed by atoms with Crippen LogP contribution in [0.5, 0.6) is 0 Å². The van der Waals surface area contributed by atoms with Crippen molar-refractivity contribution in [2.24, 2.45) is 0 Å². The Morgan fingerprint density at radius 3 is 2.68 bits per heavy atom. The maximum absolute atomic E-state index is 10.8. The van der Waals surface area contributed by atoms with E-state index in [4.69, 9.17) is 14.5 Å². The fourth-order valence-corrected chi connectivity index (χ4v) is 3.26. The summed E-state index contributed by atoms with van der Waals surface area (Å²) in [6.45, 7) is -0.573. The van der Waals surface area contributed by atoms with Gasteiger partial charge < -0.3 is 24.7 Å². The minimum Gasteiger partial charge on any atom is -0.387 e. The molecule has 0 radical (unpaired) electrons. The predicted molar refractivity (Wildman–Crippen MR) is 86.8 cm³/mol. The molecule has 2 aromatic rings. The monoisotopic (exact) mass is 516 g/mol. The molecule has 0 amide bonds. The second kappa shape index (κ2) is 8.65. The number of rotatable bonds is 5. The van der Waals surface area contributed by atoms with Crippen molar-refractivity contribution in [2.75, 3.05) is 12.9 Å². The van der Waals surface area contributed by atoms with Gasteiger partial charge in [0.1, 0.15) is 35.2 Å². The van der Waals surface area contributed by atoms with Crippen molar-refractivity contribution < 1.29 is 33.8 Å². The summed E-state index contributed by atoms with van der Waals surface area (Å²) >= 11 is 1.38. The number of hydrogen-bond acceptors (Lipinski definition) is 9. The Labute approximate surface area is 186 Å². The number of imidazole rings is 1. The van der Waals surface area contributed by atoms with E-state index in [1.807, 2.05) is 6.26 Å². The van der Waals surface area contributed by atoms with E-state index >= 15 is 0 Å². The Kier molecular flexibility index (Phi) is 7.53. The Hall–Kier alpha value is 0.461.